The van der Waals surface area contributed by atoms with Gasteiger partial charge >= 0.3 is 115 Å². The van der Waals surface area contributed by atoms with E-state index in [1.54, 1.807) is 60.7 Å². The van der Waals surface area contributed by atoms with Gasteiger partial charge in [0.15, 0.2) is 0 Å². The van der Waals surface area contributed by atoms with Gasteiger partial charge in [-0.05, 0) is 78.7 Å². The quantitative estimate of drug-likeness (QED) is 0.0598. The van der Waals surface area contributed by atoms with Crippen molar-refractivity contribution in [2.24, 2.45) is 0 Å². The molecule has 3 aromatic heterocycles. The predicted octanol–water partition coefficient (Wildman–Crippen LogP) is 25.7. The molecule has 0 amide bonds. The van der Waals surface area contributed by atoms with Crippen LogP contribution in [0.2, 0.25) is 0 Å². The Morgan fingerprint density at radius 3 is 0.750 bits per heavy atom. The van der Waals surface area contributed by atoms with Crippen molar-refractivity contribution in [3.05, 3.63) is 248 Å². The first kappa shape index (κ1) is 87.8. The van der Waals surface area contributed by atoms with Gasteiger partial charge in [0.05, 0.1) is 0 Å². The molecule has 0 spiro atoms. The zero-order chi connectivity index (χ0) is 83.0. The van der Waals surface area contributed by atoms with Crippen molar-refractivity contribution < 1.29 is 169 Å². The maximum atomic E-state index is 14.7. The summed E-state index contributed by atoms with van der Waals surface area (Å²) < 4.78 is 464. The van der Waals surface area contributed by atoms with E-state index in [0.717, 1.165) is 22.0 Å². The third-order valence-electron chi connectivity index (χ3n) is 17.0. The topological polar surface area (TPSA) is 38.7 Å². The molecule has 0 saturated carbocycles. The maximum Gasteiger partial charge on any atom is 3.00 e. The molecule has 0 fully saturated rings. The molecule has 0 aliphatic rings. The number of alkyl halides is 34. The monoisotopic (exact) mass is 1810 g/mol. The van der Waals surface area contributed by atoms with E-state index in [-0.39, 0.29) is 66.6 Å². The summed E-state index contributed by atoms with van der Waals surface area (Å²) in [6, 6.07) is 52.7. The van der Waals surface area contributed by atoms with Gasteiger partial charge < -0.3 is 15.0 Å². The molecule has 0 aliphatic carbocycles. The maximum absolute atomic E-state index is 14.7. The summed E-state index contributed by atoms with van der Waals surface area (Å²) in [5, 5.41) is 5.18. The number of fused-ring (bicyclic) bond motifs is 3. The molecule has 0 radical (unpaired) electrons. The van der Waals surface area contributed by atoms with E-state index in [4.69, 9.17) is 0 Å². The Balaban J connectivity index is 0.000000230. The van der Waals surface area contributed by atoms with Crippen LogP contribution in [0.5, 0.6) is 0 Å². The summed E-state index contributed by atoms with van der Waals surface area (Å²) >= 11 is 0. The molecular formula is C74H38F34IrN3. The fourth-order valence-electron chi connectivity index (χ4n) is 10.7. The summed E-state index contributed by atoms with van der Waals surface area (Å²) in [6.45, 7) is 2.09. The van der Waals surface area contributed by atoms with E-state index in [1.807, 2.05) is 30.5 Å². The molecule has 0 bridgehead atoms. The van der Waals surface area contributed by atoms with E-state index in [0.29, 0.717) is 57.6 Å². The number of hydrogen-bond acceptors (Lipinski definition) is 3. The normalized spacial score (nSPS) is 13.8. The van der Waals surface area contributed by atoms with Crippen LogP contribution in [0.25, 0.3) is 88.3 Å². The number of pyridine rings is 3. The van der Waals surface area contributed by atoms with Crippen molar-refractivity contribution >= 4 is 32.3 Å². The van der Waals surface area contributed by atoms with Crippen LogP contribution in [0.1, 0.15) is 16.7 Å². The van der Waals surface area contributed by atoms with E-state index < -0.39 is 106 Å². The molecule has 38 heteroatoms. The van der Waals surface area contributed by atoms with Crippen molar-refractivity contribution in [2.45, 2.75) is 102 Å². The molecule has 112 heavy (non-hydrogen) atoms. The van der Waals surface area contributed by atoms with Gasteiger partial charge in [-0.25, -0.2) is 0 Å². The van der Waals surface area contributed by atoms with Gasteiger partial charge in [0.1, 0.15) is 0 Å². The second kappa shape index (κ2) is 30.0. The van der Waals surface area contributed by atoms with Gasteiger partial charge in [-0.2, -0.15) is 149 Å². The standard InChI is InChI=1S/2C29H13F17N.C16H12N.Ir/c2*30-22(31,23(32,33)24(34,35)25(36,37)26(38,39)27(40,41)28(42,43)29(44,45)46)19-10-8-15(9-11-19)17-5-3-6-18(14-17)21-20-7-2-1-4-16(20)12-13-47-21;1-12-5-4-7-14(11-12)16-15-8-3-2-6-13(15)9-10-17-16;/h2*1-5,7-14H;2-6,8-11H,1H3;/q3*-1;+3. The summed E-state index contributed by atoms with van der Waals surface area (Å²) in [6.07, 6.45) is -10.8. The Hall–Kier alpha value is -9.74. The van der Waals surface area contributed by atoms with Crippen LogP contribution in [0.3, 0.4) is 0 Å². The Kier molecular flexibility index (Phi) is 23.5. The third kappa shape index (κ3) is 14.5. The Bertz CT molecular complexity index is 4900. The molecule has 3 heterocycles. The fraction of sp³-hybridized carbons (Fsp3) is 0.230. The van der Waals surface area contributed by atoms with Gasteiger partial charge in [0.2, 0.25) is 0 Å². The minimum atomic E-state index is -8.67. The van der Waals surface area contributed by atoms with Crippen LogP contribution in [-0.2, 0) is 32.0 Å². The van der Waals surface area contributed by atoms with Gasteiger partial charge in [0, 0.05) is 29.7 Å². The van der Waals surface area contributed by atoms with Gasteiger partial charge in [-0.1, -0.05) is 128 Å². The zero-order valence-corrected chi connectivity index (χ0v) is 57.1. The van der Waals surface area contributed by atoms with Crippen molar-refractivity contribution in [2.75, 3.05) is 0 Å². The second-order valence-electron chi connectivity index (χ2n) is 24.1. The van der Waals surface area contributed by atoms with Crippen LogP contribution in [0, 0.1) is 25.1 Å². The largest absolute Gasteiger partial charge is 3.00 e. The summed E-state index contributed by atoms with van der Waals surface area (Å²) in [4.78, 5) is 13.0. The van der Waals surface area contributed by atoms with E-state index in [1.165, 1.54) is 65.1 Å². The molecule has 0 aliphatic heterocycles. The van der Waals surface area contributed by atoms with Crippen molar-refractivity contribution in [1.82, 2.24) is 15.0 Å². The Labute approximate surface area is 620 Å². The third-order valence-corrected chi connectivity index (χ3v) is 17.0. The molecule has 11 aromatic rings. The fourth-order valence-corrected chi connectivity index (χ4v) is 10.7. The number of hydrogen-bond donors (Lipinski definition) is 0. The molecule has 596 valence electrons. The molecule has 0 unspecified atom stereocenters. The van der Waals surface area contributed by atoms with Crippen molar-refractivity contribution in [3.63, 3.8) is 0 Å². The van der Waals surface area contributed by atoms with Gasteiger partial charge in [0.25, 0.3) is 0 Å². The van der Waals surface area contributed by atoms with Crippen molar-refractivity contribution in [1.29, 1.82) is 0 Å². The van der Waals surface area contributed by atoms with E-state index >= 15 is 0 Å². The smallest absolute Gasteiger partial charge is 0.304 e. The zero-order valence-electron chi connectivity index (χ0n) is 54.7. The van der Waals surface area contributed by atoms with Crippen LogP contribution in [0.4, 0.5) is 149 Å². The number of benzene rings is 8. The Morgan fingerprint density at radius 1 is 0.241 bits per heavy atom. The van der Waals surface area contributed by atoms with Crippen LogP contribution in [0.15, 0.2) is 213 Å². The minimum absolute atomic E-state index is 0. The Morgan fingerprint density at radius 2 is 0.482 bits per heavy atom. The molecule has 0 saturated heterocycles. The van der Waals surface area contributed by atoms with Crippen LogP contribution >= 0.6 is 0 Å². The number of rotatable bonds is 19. The molecule has 0 atom stereocenters. The first-order valence-corrected chi connectivity index (χ1v) is 30.6. The van der Waals surface area contributed by atoms with Crippen molar-refractivity contribution in [3.8, 4) is 56.0 Å². The summed E-state index contributed by atoms with van der Waals surface area (Å²) in [5.41, 5.74) is 0.180. The molecule has 11 rings (SSSR count). The van der Waals surface area contributed by atoms with Gasteiger partial charge in [-0.15, -0.1) is 106 Å². The van der Waals surface area contributed by atoms with E-state index in [9.17, 15) is 149 Å². The van der Waals surface area contributed by atoms with Crippen LogP contribution in [-0.4, -0.2) is 98.4 Å². The molecule has 8 aromatic carbocycles. The van der Waals surface area contributed by atoms with Gasteiger partial charge in [-0.3, -0.25) is 0 Å². The number of aryl methyl sites for hydroxylation is 1. The SMILES string of the molecule is Cc1cc[c-]c(-c2nccc3ccccc23)c1.FC(F)(F)C(F)(F)C(F)(F)C(F)(F)C(F)(F)C(F)(F)C(F)(F)C(F)(F)c1ccc(-c2cc[c-]c(-c3nccc4ccccc34)c2)cc1.FC(F)(F)C(F)(F)C(F)(F)C(F)(F)C(F)(F)C(F)(F)C(F)(F)C(F)(F)c1ccc(-c2cc[c-]c(-c3nccc4ccccc34)c2)cc1.[Ir+3]. The molecule has 3 nitrogen and oxygen atoms in total. The average Bonchev–Trinajstić information content (AvgIpc) is 0.696. The molecular weight excluding hydrogens is 1770 g/mol. The number of halogens is 34. The number of nitrogens with zero attached hydrogens (tertiary/aromatic N) is 3. The van der Waals surface area contributed by atoms with Crippen LogP contribution < -0.4 is 0 Å². The number of aromatic nitrogens is 3. The first-order chi connectivity index (χ1) is 50.9. The first-order valence-electron chi connectivity index (χ1n) is 30.6. The summed E-state index contributed by atoms with van der Waals surface area (Å²) in [5.74, 6) is -114. The molecule has 0 N–H and O–H groups in total. The summed E-state index contributed by atoms with van der Waals surface area (Å²) in [7, 11) is 0. The minimum Gasteiger partial charge on any atom is -0.304 e. The van der Waals surface area contributed by atoms with E-state index in [2.05, 4.69) is 64.3 Å². The second-order valence-corrected chi connectivity index (χ2v) is 24.1. The predicted molar refractivity (Wildman–Crippen MR) is 333 cm³/mol. The average molecular weight is 1810 g/mol.